The number of carbonyl (C=O) groups is 1. The summed E-state index contributed by atoms with van der Waals surface area (Å²) >= 11 is 0. The van der Waals surface area contributed by atoms with Crippen LogP contribution in [0.1, 0.15) is 13.8 Å². The predicted molar refractivity (Wildman–Crippen MR) is 104 cm³/mol. The van der Waals surface area contributed by atoms with Gasteiger partial charge in [0.25, 0.3) is 5.88 Å². The second-order valence-electron chi connectivity index (χ2n) is 5.94. The van der Waals surface area contributed by atoms with Crippen molar-refractivity contribution >= 4 is 17.7 Å². The van der Waals surface area contributed by atoms with Crippen LogP contribution >= 0.6 is 0 Å². The maximum absolute atomic E-state index is 11.9. The maximum Gasteiger partial charge on any atom is 0.515 e. The number of anilines is 2. The van der Waals surface area contributed by atoms with Crippen LogP contribution in [0.5, 0.6) is 11.6 Å². The Balaban J connectivity index is 2.09. The number of hydrogen-bond acceptors (Lipinski definition) is 9. The fourth-order valence-corrected chi connectivity index (χ4v) is 2.74. The van der Waals surface area contributed by atoms with E-state index in [1.54, 1.807) is 19.1 Å². The van der Waals surface area contributed by atoms with Gasteiger partial charge in [-0.25, -0.2) is 9.78 Å². The lowest BCUT2D eigenvalue weighted by molar-refractivity contribution is 0.101. The zero-order valence-corrected chi connectivity index (χ0v) is 16.0. The second-order valence-corrected chi connectivity index (χ2v) is 5.94. The van der Waals surface area contributed by atoms with Gasteiger partial charge < -0.3 is 29.6 Å². The van der Waals surface area contributed by atoms with Crippen molar-refractivity contribution in [2.75, 3.05) is 50.2 Å². The van der Waals surface area contributed by atoms with Crippen LogP contribution in [-0.4, -0.2) is 55.6 Å². The summed E-state index contributed by atoms with van der Waals surface area (Å²) in [5.41, 5.74) is 7.14. The van der Waals surface area contributed by atoms with Gasteiger partial charge >= 0.3 is 6.16 Å². The molecule has 1 saturated heterocycles. The van der Waals surface area contributed by atoms with Gasteiger partial charge in [-0.3, -0.25) is 0 Å². The van der Waals surface area contributed by atoms with Gasteiger partial charge in [-0.1, -0.05) is 0 Å². The first kappa shape index (κ1) is 19.7. The Morgan fingerprint density at radius 2 is 1.86 bits per heavy atom. The summed E-state index contributed by atoms with van der Waals surface area (Å²) in [6.07, 6.45) is -0.849. The Morgan fingerprint density at radius 1 is 1.14 bits per heavy atom. The molecule has 1 aliphatic heterocycles. The molecule has 3 rings (SSSR count). The first-order valence-corrected chi connectivity index (χ1v) is 9.20. The molecule has 0 aliphatic carbocycles. The first-order valence-electron chi connectivity index (χ1n) is 9.20. The number of morpholine rings is 1. The minimum atomic E-state index is -0.849. The van der Waals surface area contributed by atoms with E-state index in [1.165, 1.54) is 0 Å². The predicted octanol–water partition coefficient (Wildman–Crippen LogP) is 2.50. The SMILES string of the molecule is CCOC(=O)Oc1nc(-c2ccc(N)cc2)nc(N2CCOCC2)c1OCC. The molecule has 1 aliphatic rings. The van der Waals surface area contributed by atoms with Crippen LogP contribution in [0.25, 0.3) is 11.4 Å². The number of carbonyl (C=O) groups excluding carboxylic acids is 1. The van der Waals surface area contributed by atoms with E-state index in [9.17, 15) is 4.79 Å². The van der Waals surface area contributed by atoms with Crippen LogP contribution in [0.15, 0.2) is 24.3 Å². The van der Waals surface area contributed by atoms with Crippen molar-refractivity contribution in [3.8, 4) is 23.0 Å². The van der Waals surface area contributed by atoms with Crippen molar-refractivity contribution in [2.45, 2.75) is 13.8 Å². The van der Waals surface area contributed by atoms with E-state index in [-0.39, 0.29) is 12.5 Å². The number of benzene rings is 1. The van der Waals surface area contributed by atoms with E-state index in [0.29, 0.717) is 56.0 Å². The van der Waals surface area contributed by atoms with Crippen molar-refractivity contribution < 1.29 is 23.7 Å². The van der Waals surface area contributed by atoms with Crippen LogP contribution in [0.2, 0.25) is 0 Å². The molecule has 0 atom stereocenters. The summed E-state index contributed by atoms with van der Waals surface area (Å²) in [5, 5.41) is 0. The third-order valence-corrected chi connectivity index (χ3v) is 4.03. The van der Waals surface area contributed by atoms with E-state index in [4.69, 9.17) is 29.7 Å². The topological polar surface area (TPSA) is 109 Å². The lowest BCUT2D eigenvalue weighted by Crippen LogP contribution is -2.37. The highest BCUT2D eigenvalue weighted by Crippen LogP contribution is 2.37. The van der Waals surface area contributed by atoms with Crippen molar-refractivity contribution in [1.82, 2.24) is 9.97 Å². The minimum Gasteiger partial charge on any atom is -0.486 e. The van der Waals surface area contributed by atoms with Crippen molar-refractivity contribution in [3.63, 3.8) is 0 Å². The summed E-state index contributed by atoms with van der Waals surface area (Å²) in [5.74, 6) is 1.26. The van der Waals surface area contributed by atoms with E-state index in [1.807, 2.05) is 24.0 Å². The van der Waals surface area contributed by atoms with Crippen molar-refractivity contribution in [1.29, 1.82) is 0 Å². The zero-order valence-electron chi connectivity index (χ0n) is 16.0. The fraction of sp³-hybridized carbons (Fsp3) is 0.421. The lowest BCUT2D eigenvalue weighted by atomic mass is 10.2. The number of ether oxygens (including phenoxy) is 4. The number of hydrogen-bond donors (Lipinski definition) is 1. The van der Waals surface area contributed by atoms with Crippen LogP contribution in [0.4, 0.5) is 16.3 Å². The summed E-state index contributed by atoms with van der Waals surface area (Å²) in [4.78, 5) is 23.1. The highest BCUT2D eigenvalue weighted by molar-refractivity contribution is 5.70. The van der Waals surface area contributed by atoms with Gasteiger partial charge in [-0.2, -0.15) is 4.98 Å². The molecule has 150 valence electrons. The number of nitrogens with zero attached hydrogens (tertiary/aromatic N) is 3. The Morgan fingerprint density at radius 3 is 2.50 bits per heavy atom. The van der Waals surface area contributed by atoms with Gasteiger partial charge in [0, 0.05) is 24.3 Å². The maximum atomic E-state index is 11.9. The van der Waals surface area contributed by atoms with Crippen LogP contribution in [-0.2, 0) is 9.47 Å². The molecule has 0 radical (unpaired) electrons. The molecule has 2 aromatic rings. The van der Waals surface area contributed by atoms with Gasteiger partial charge in [0.05, 0.1) is 26.4 Å². The average molecular weight is 388 g/mol. The third kappa shape index (κ3) is 4.61. The summed E-state index contributed by atoms with van der Waals surface area (Å²) in [7, 11) is 0. The van der Waals surface area contributed by atoms with Crippen LogP contribution < -0.4 is 20.1 Å². The van der Waals surface area contributed by atoms with Gasteiger partial charge in [0.2, 0.25) is 5.75 Å². The molecule has 0 bridgehead atoms. The highest BCUT2D eigenvalue weighted by atomic mass is 16.7. The molecule has 0 saturated carbocycles. The van der Waals surface area contributed by atoms with E-state index >= 15 is 0 Å². The number of rotatable bonds is 6. The van der Waals surface area contributed by atoms with Crippen molar-refractivity contribution in [2.24, 2.45) is 0 Å². The molecule has 2 N–H and O–H groups in total. The summed E-state index contributed by atoms with van der Waals surface area (Å²) < 4.78 is 21.4. The summed E-state index contributed by atoms with van der Waals surface area (Å²) in [6.45, 7) is 6.50. The lowest BCUT2D eigenvalue weighted by Gasteiger charge is -2.29. The molecule has 28 heavy (non-hydrogen) atoms. The molecule has 9 nitrogen and oxygen atoms in total. The van der Waals surface area contributed by atoms with Crippen molar-refractivity contribution in [3.05, 3.63) is 24.3 Å². The minimum absolute atomic E-state index is 0.0172. The molecule has 0 spiro atoms. The Bertz CT molecular complexity index is 807. The van der Waals surface area contributed by atoms with Gasteiger partial charge in [0.1, 0.15) is 0 Å². The third-order valence-electron chi connectivity index (χ3n) is 4.03. The van der Waals surface area contributed by atoms with Gasteiger partial charge in [0.15, 0.2) is 11.6 Å². The molecule has 2 heterocycles. The largest absolute Gasteiger partial charge is 0.515 e. The molecular formula is C19H24N4O5. The molecule has 0 unspecified atom stereocenters. The molecule has 1 fully saturated rings. The molecule has 0 amide bonds. The van der Waals surface area contributed by atoms with E-state index in [2.05, 4.69) is 4.98 Å². The average Bonchev–Trinajstić information content (AvgIpc) is 2.70. The molecule has 1 aromatic carbocycles. The van der Waals surface area contributed by atoms with Gasteiger partial charge in [-0.05, 0) is 38.1 Å². The second kappa shape index (κ2) is 9.23. The van der Waals surface area contributed by atoms with Crippen LogP contribution in [0.3, 0.4) is 0 Å². The zero-order chi connectivity index (χ0) is 19.9. The highest BCUT2D eigenvalue weighted by Gasteiger charge is 2.26. The fourth-order valence-electron chi connectivity index (χ4n) is 2.74. The number of nitrogen functional groups attached to an aromatic ring is 1. The van der Waals surface area contributed by atoms with E-state index in [0.717, 1.165) is 5.56 Å². The Kier molecular flexibility index (Phi) is 6.49. The first-order chi connectivity index (χ1) is 13.6. The number of nitrogens with two attached hydrogens (primary N) is 1. The molecule has 9 heteroatoms. The normalized spacial score (nSPS) is 13.9. The van der Waals surface area contributed by atoms with E-state index < -0.39 is 6.16 Å². The summed E-state index contributed by atoms with van der Waals surface area (Å²) in [6, 6.07) is 7.13. The molecule has 1 aromatic heterocycles. The number of aromatic nitrogens is 2. The standard InChI is InChI=1S/C19H24N4O5/c1-3-26-15-17(23-9-11-25-12-10-23)21-16(13-5-7-14(20)8-6-13)22-18(15)28-19(24)27-4-2/h5-8H,3-4,9-12,20H2,1-2H3. The Hall–Kier alpha value is -3.07. The van der Waals surface area contributed by atoms with Gasteiger partial charge in [-0.15, -0.1) is 0 Å². The quantitative estimate of drug-likeness (QED) is 0.589. The van der Waals surface area contributed by atoms with Crippen LogP contribution in [0, 0.1) is 0 Å². The molecular weight excluding hydrogens is 364 g/mol. The smallest absolute Gasteiger partial charge is 0.486 e. The Labute approximate surface area is 163 Å². The monoisotopic (exact) mass is 388 g/mol.